The van der Waals surface area contributed by atoms with Gasteiger partial charge in [-0.15, -0.1) is 0 Å². The molecule has 164 valence electrons. The molecule has 0 heterocycles. The number of carboxylic acid groups (broad SMARTS) is 1. The summed E-state index contributed by atoms with van der Waals surface area (Å²) in [5.74, 6) is -1.04. The molecule has 0 aromatic heterocycles. The molecule has 0 fully saturated rings. The van der Waals surface area contributed by atoms with E-state index >= 15 is 0 Å². The lowest BCUT2D eigenvalue weighted by Gasteiger charge is -2.17. The van der Waals surface area contributed by atoms with Crippen molar-refractivity contribution in [2.45, 2.75) is 44.6 Å². The van der Waals surface area contributed by atoms with Gasteiger partial charge in [0.2, 0.25) is 5.91 Å². The first kappa shape index (κ1) is 22.3. The molecule has 7 heteroatoms. The van der Waals surface area contributed by atoms with E-state index in [4.69, 9.17) is 9.84 Å². The third-order valence-corrected chi connectivity index (χ3v) is 5.34. The first-order valence-corrected chi connectivity index (χ1v) is 10.6. The number of hydrogen-bond donors (Lipinski definition) is 3. The number of rotatable bonds is 10. The fourth-order valence-corrected chi connectivity index (χ4v) is 3.87. The van der Waals surface area contributed by atoms with Crippen molar-refractivity contribution in [3.63, 3.8) is 0 Å². The quantitative estimate of drug-likeness (QED) is 0.505. The van der Waals surface area contributed by atoms with Crippen LogP contribution in [-0.4, -0.2) is 42.3 Å². The summed E-state index contributed by atoms with van der Waals surface area (Å²) < 4.78 is 5.49. The normalized spacial score (nSPS) is 13.1. The topological polar surface area (TPSA) is 105 Å². The maximum Gasteiger partial charge on any atom is 0.407 e. The minimum absolute atomic E-state index is 0.0115. The molecule has 2 amide bonds. The van der Waals surface area contributed by atoms with Crippen LogP contribution in [0.5, 0.6) is 0 Å². The number of aliphatic carboxylic acids is 1. The maximum atomic E-state index is 12.3. The summed E-state index contributed by atoms with van der Waals surface area (Å²) in [6.45, 7) is 2.39. The van der Waals surface area contributed by atoms with Crippen molar-refractivity contribution in [1.29, 1.82) is 0 Å². The highest BCUT2D eigenvalue weighted by Crippen LogP contribution is 2.44. The molecular formula is C24H28N2O5. The zero-order chi connectivity index (χ0) is 22.2. The molecule has 31 heavy (non-hydrogen) atoms. The predicted molar refractivity (Wildman–Crippen MR) is 117 cm³/mol. The van der Waals surface area contributed by atoms with Crippen molar-refractivity contribution in [2.24, 2.45) is 0 Å². The van der Waals surface area contributed by atoms with Crippen molar-refractivity contribution < 1.29 is 24.2 Å². The SMILES string of the molecule is C[C@@H](CC(=O)NCCCCC(=O)O)NC(=O)OCC1c2ccccc2-c2ccccc21. The number of fused-ring (bicyclic) bond motifs is 3. The molecule has 1 aliphatic rings. The van der Waals surface area contributed by atoms with Gasteiger partial charge in [-0.2, -0.15) is 0 Å². The summed E-state index contributed by atoms with van der Waals surface area (Å²) in [4.78, 5) is 34.7. The molecule has 0 saturated carbocycles. The van der Waals surface area contributed by atoms with E-state index in [0.29, 0.717) is 19.4 Å². The van der Waals surface area contributed by atoms with Crippen LogP contribution < -0.4 is 10.6 Å². The number of unbranched alkanes of at least 4 members (excludes halogenated alkanes) is 1. The van der Waals surface area contributed by atoms with Gasteiger partial charge in [-0.25, -0.2) is 4.79 Å². The highest BCUT2D eigenvalue weighted by Gasteiger charge is 2.29. The maximum absolute atomic E-state index is 12.3. The number of ether oxygens (including phenoxy) is 1. The zero-order valence-electron chi connectivity index (χ0n) is 17.6. The summed E-state index contributed by atoms with van der Waals surface area (Å²) in [7, 11) is 0. The number of alkyl carbamates (subject to hydrolysis) is 1. The van der Waals surface area contributed by atoms with Crippen LogP contribution in [0, 0.1) is 0 Å². The second kappa shape index (κ2) is 10.6. The lowest BCUT2D eigenvalue weighted by atomic mass is 9.98. The van der Waals surface area contributed by atoms with Crippen LogP contribution in [0.1, 0.15) is 49.7 Å². The van der Waals surface area contributed by atoms with Crippen molar-refractivity contribution >= 4 is 18.0 Å². The third kappa shape index (κ3) is 6.07. The zero-order valence-corrected chi connectivity index (χ0v) is 17.6. The predicted octanol–water partition coefficient (Wildman–Crippen LogP) is 3.67. The Kier molecular flexibility index (Phi) is 7.65. The number of benzene rings is 2. The van der Waals surface area contributed by atoms with Gasteiger partial charge in [-0.3, -0.25) is 9.59 Å². The first-order valence-electron chi connectivity index (χ1n) is 10.6. The minimum Gasteiger partial charge on any atom is -0.481 e. The van der Waals surface area contributed by atoms with Crippen LogP contribution in [-0.2, 0) is 14.3 Å². The standard InChI is InChI=1S/C24H28N2O5/c1-16(14-22(27)25-13-7-6-12-23(28)29)26-24(30)31-15-21-19-10-4-2-8-17(19)18-9-3-5-11-20(18)21/h2-5,8-11,16,21H,6-7,12-15H2,1H3,(H,25,27)(H,26,30)(H,28,29)/t16-/m0/s1. The fraction of sp³-hybridized carbons (Fsp3) is 0.375. The van der Waals surface area contributed by atoms with E-state index in [1.165, 1.54) is 11.1 Å². The molecule has 3 rings (SSSR count). The third-order valence-electron chi connectivity index (χ3n) is 5.34. The number of carbonyl (C=O) groups is 3. The van der Waals surface area contributed by atoms with Crippen molar-refractivity contribution in [2.75, 3.05) is 13.2 Å². The van der Waals surface area contributed by atoms with Crippen LogP contribution in [0.4, 0.5) is 4.79 Å². The Morgan fingerprint density at radius 1 is 1.00 bits per heavy atom. The van der Waals surface area contributed by atoms with Crippen LogP contribution in [0.15, 0.2) is 48.5 Å². The summed E-state index contributed by atoms with van der Waals surface area (Å²) >= 11 is 0. The van der Waals surface area contributed by atoms with Gasteiger partial charge in [-0.1, -0.05) is 48.5 Å². The number of hydrogen-bond acceptors (Lipinski definition) is 4. The Morgan fingerprint density at radius 2 is 1.61 bits per heavy atom. The minimum atomic E-state index is -0.841. The van der Waals surface area contributed by atoms with Gasteiger partial charge in [0, 0.05) is 31.3 Å². The molecule has 1 atom stereocenters. The van der Waals surface area contributed by atoms with Crippen molar-refractivity contribution in [1.82, 2.24) is 10.6 Å². The van der Waals surface area contributed by atoms with Gasteiger partial charge in [0.05, 0.1) is 0 Å². The summed E-state index contributed by atoms with van der Waals surface area (Å²) in [5.41, 5.74) is 4.62. The van der Waals surface area contributed by atoms with E-state index in [1.54, 1.807) is 6.92 Å². The summed E-state index contributed by atoms with van der Waals surface area (Å²) in [6, 6.07) is 15.9. The van der Waals surface area contributed by atoms with E-state index in [-0.39, 0.29) is 37.3 Å². The molecule has 0 aliphatic heterocycles. The first-order chi connectivity index (χ1) is 15.0. The van der Waals surface area contributed by atoms with E-state index in [1.807, 2.05) is 24.3 Å². The summed E-state index contributed by atoms with van der Waals surface area (Å²) in [6.07, 6.45) is 0.789. The number of carbonyl (C=O) groups excluding carboxylic acids is 2. The molecule has 2 aromatic carbocycles. The average molecular weight is 424 g/mol. The van der Waals surface area contributed by atoms with Gasteiger partial charge in [-0.05, 0) is 42.0 Å². The number of carboxylic acids is 1. The average Bonchev–Trinajstić information content (AvgIpc) is 3.05. The Bertz CT molecular complexity index is 898. The van der Waals surface area contributed by atoms with Crippen LogP contribution >= 0.6 is 0 Å². The van der Waals surface area contributed by atoms with Crippen molar-refractivity contribution in [3.05, 3.63) is 59.7 Å². The Morgan fingerprint density at radius 3 is 2.23 bits per heavy atom. The number of amides is 2. The Labute approximate surface area is 181 Å². The molecule has 3 N–H and O–H groups in total. The van der Waals surface area contributed by atoms with Gasteiger partial charge in [0.25, 0.3) is 0 Å². The highest BCUT2D eigenvalue weighted by molar-refractivity contribution is 5.79. The molecule has 0 unspecified atom stereocenters. The van der Waals surface area contributed by atoms with Gasteiger partial charge >= 0.3 is 12.1 Å². The smallest absolute Gasteiger partial charge is 0.407 e. The monoisotopic (exact) mass is 424 g/mol. The Hall–Kier alpha value is -3.35. The lowest BCUT2D eigenvalue weighted by Crippen LogP contribution is -2.38. The summed E-state index contributed by atoms with van der Waals surface area (Å²) in [5, 5.41) is 14.0. The van der Waals surface area contributed by atoms with Crippen LogP contribution in [0.25, 0.3) is 11.1 Å². The van der Waals surface area contributed by atoms with E-state index in [2.05, 4.69) is 34.9 Å². The van der Waals surface area contributed by atoms with Gasteiger partial charge in [0.15, 0.2) is 0 Å². The van der Waals surface area contributed by atoms with E-state index in [0.717, 1.165) is 11.1 Å². The Balaban J connectivity index is 1.43. The molecule has 1 aliphatic carbocycles. The molecule has 7 nitrogen and oxygen atoms in total. The van der Waals surface area contributed by atoms with Crippen LogP contribution in [0.2, 0.25) is 0 Å². The van der Waals surface area contributed by atoms with Gasteiger partial charge in [0.1, 0.15) is 6.61 Å². The van der Waals surface area contributed by atoms with Gasteiger partial charge < -0.3 is 20.5 Å². The molecule has 0 radical (unpaired) electrons. The second-order valence-electron chi connectivity index (χ2n) is 7.78. The largest absolute Gasteiger partial charge is 0.481 e. The fourth-order valence-electron chi connectivity index (χ4n) is 3.87. The van der Waals surface area contributed by atoms with E-state index < -0.39 is 12.1 Å². The number of nitrogens with one attached hydrogen (secondary N) is 2. The molecule has 2 aromatic rings. The molecule has 0 saturated heterocycles. The highest BCUT2D eigenvalue weighted by atomic mass is 16.5. The second-order valence-corrected chi connectivity index (χ2v) is 7.78. The van der Waals surface area contributed by atoms with E-state index in [9.17, 15) is 14.4 Å². The molecular weight excluding hydrogens is 396 g/mol. The molecule has 0 spiro atoms. The van der Waals surface area contributed by atoms with Crippen molar-refractivity contribution in [3.8, 4) is 11.1 Å². The van der Waals surface area contributed by atoms with Crippen LogP contribution in [0.3, 0.4) is 0 Å². The lowest BCUT2D eigenvalue weighted by molar-refractivity contribution is -0.137. The molecule has 0 bridgehead atoms.